The van der Waals surface area contributed by atoms with Crippen molar-refractivity contribution in [3.8, 4) is 0 Å². The highest BCUT2D eigenvalue weighted by Gasteiger charge is 2.25. The number of aliphatic hydroxyl groups is 5. The second-order valence-corrected chi connectivity index (χ2v) is 5.31. The third-order valence-electron chi connectivity index (χ3n) is 3.30. The van der Waals surface area contributed by atoms with Gasteiger partial charge in [0.15, 0.2) is 6.29 Å². The molecule has 6 N–H and O–H groups in total. The monoisotopic (exact) mass is 293 g/mol. The van der Waals surface area contributed by atoms with Gasteiger partial charge < -0.3 is 30.8 Å². The molecule has 0 amide bonds. The van der Waals surface area contributed by atoms with Crippen molar-refractivity contribution in [3.63, 3.8) is 0 Å². The van der Waals surface area contributed by atoms with E-state index in [1.165, 1.54) is 25.7 Å². The quantitative estimate of drug-likeness (QED) is 0.206. The van der Waals surface area contributed by atoms with Gasteiger partial charge in [0.2, 0.25) is 0 Å². The minimum absolute atomic E-state index is 0.175. The minimum Gasteiger partial charge on any atom is -0.390 e. The van der Waals surface area contributed by atoms with E-state index in [4.69, 9.17) is 10.2 Å². The van der Waals surface area contributed by atoms with Gasteiger partial charge in [0.25, 0.3) is 0 Å². The number of rotatable bonds is 13. The Balaban J connectivity index is 3.54. The SMILES string of the molecule is CCCCCCCCNC[C@@H](O)[C@H](O)[C@H](O)CC(O)O. The lowest BCUT2D eigenvalue weighted by atomic mass is 10.0. The molecule has 0 aliphatic rings. The lowest BCUT2D eigenvalue weighted by molar-refractivity contribution is -0.114. The molecule has 0 spiro atoms. The summed E-state index contributed by atoms with van der Waals surface area (Å²) >= 11 is 0. The van der Waals surface area contributed by atoms with Crippen LogP contribution in [0.5, 0.6) is 0 Å². The Bertz CT molecular complexity index is 216. The van der Waals surface area contributed by atoms with E-state index < -0.39 is 24.6 Å². The zero-order valence-corrected chi connectivity index (χ0v) is 12.4. The Morgan fingerprint density at radius 3 is 2.00 bits per heavy atom. The van der Waals surface area contributed by atoms with E-state index in [1.54, 1.807) is 0 Å². The van der Waals surface area contributed by atoms with E-state index in [0.29, 0.717) is 0 Å². The largest absolute Gasteiger partial charge is 0.390 e. The van der Waals surface area contributed by atoms with Crippen molar-refractivity contribution < 1.29 is 25.5 Å². The van der Waals surface area contributed by atoms with E-state index in [9.17, 15) is 15.3 Å². The van der Waals surface area contributed by atoms with E-state index in [-0.39, 0.29) is 13.0 Å². The molecule has 6 nitrogen and oxygen atoms in total. The molecular formula is C14H31NO5. The maximum absolute atomic E-state index is 9.64. The average Bonchev–Trinajstić information content (AvgIpc) is 2.39. The van der Waals surface area contributed by atoms with Crippen LogP contribution in [0.2, 0.25) is 0 Å². The van der Waals surface area contributed by atoms with Crippen LogP contribution in [0.25, 0.3) is 0 Å². The van der Waals surface area contributed by atoms with E-state index in [2.05, 4.69) is 12.2 Å². The minimum atomic E-state index is -1.69. The van der Waals surface area contributed by atoms with Gasteiger partial charge in [-0.15, -0.1) is 0 Å². The Labute approximate surface area is 121 Å². The van der Waals surface area contributed by atoms with Crippen molar-refractivity contribution in [3.05, 3.63) is 0 Å². The van der Waals surface area contributed by atoms with Crippen molar-refractivity contribution in [2.45, 2.75) is 76.5 Å². The van der Waals surface area contributed by atoms with Gasteiger partial charge in [0.05, 0.1) is 12.2 Å². The molecule has 0 fully saturated rings. The van der Waals surface area contributed by atoms with Gasteiger partial charge in [-0.05, 0) is 13.0 Å². The Morgan fingerprint density at radius 1 is 0.800 bits per heavy atom. The molecule has 3 atom stereocenters. The lowest BCUT2D eigenvalue weighted by Crippen LogP contribution is -2.44. The van der Waals surface area contributed by atoms with Gasteiger partial charge in [-0.1, -0.05) is 39.0 Å². The molecule has 0 unspecified atom stereocenters. The maximum atomic E-state index is 9.64. The lowest BCUT2D eigenvalue weighted by Gasteiger charge is -2.23. The molecule has 0 aliphatic heterocycles. The highest BCUT2D eigenvalue weighted by molar-refractivity contribution is 4.77. The third kappa shape index (κ3) is 10.5. The fraction of sp³-hybridized carbons (Fsp3) is 1.00. The number of nitrogens with one attached hydrogen (secondary N) is 1. The Morgan fingerprint density at radius 2 is 1.40 bits per heavy atom. The summed E-state index contributed by atoms with van der Waals surface area (Å²) in [5.74, 6) is 0. The van der Waals surface area contributed by atoms with Crippen molar-refractivity contribution in [2.24, 2.45) is 0 Å². The van der Waals surface area contributed by atoms with Crippen LogP contribution in [0.4, 0.5) is 0 Å². The summed E-state index contributed by atoms with van der Waals surface area (Å²) in [4.78, 5) is 0. The molecule has 20 heavy (non-hydrogen) atoms. The van der Waals surface area contributed by atoms with Crippen LogP contribution >= 0.6 is 0 Å². The summed E-state index contributed by atoms with van der Waals surface area (Å²) in [6, 6.07) is 0. The smallest absolute Gasteiger partial charge is 0.154 e. The molecule has 0 saturated carbocycles. The molecule has 0 aromatic heterocycles. The first-order valence-corrected chi connectivity index (χ1v) is 7.60. The highest BCUT2D eigenvalue weighted by atomic mass is 16.5. The van der Waals surface area contributed by atoms with Crippen LogP contribution in [-0.2, 0) is 0 Å². The van der Waals surface area contributed by atoms with Crippen molar-refractivity contribution >= 4 is 0 Å². The summed E-state index contributed by atoms with van der Waals surface area (Å²) in [5, 5.41) is 49.0. The molecule has 0 heterocycles. The first-order valence-electron chi connectivity index (χ1n) is 7.60. The van der Waals surface area contributed by atoms with Gasteiger partial charge in [0.1, 0.15) is 6.10 Å². The fourth-order valence-corrected chi connectivity index (χ4v) is 2.01. The molecule has 0 aromatic rings. The van der Waals surface area contributed by atoms with Crippen molar-refractivity contribution in [2.75, 3.05) is 13.1 Å². The standard InChI is InChI=1S/C14H31NO5/c1-2-3-4-5-6-7-8-15-10-12(17)14(20)11(16)9-13(18)19/h11-20H,2-10H2,1H3/t11-,12-,14-/m1/s1. The molecule has 0 radical (unpaired) electrons. The van der Waals surface area contributed by atoms with Crippen molar-refractivity contribution in [1.82, 2.24) is 5.32 Å². The molecule has 0 aliphatic carbocycles. The molecule has 0 rings (SSSR count). The zero-order chi connectivity index (χ0) is 15.4. The second kappa shape index (κ2) is 12.5. The van der Waals surface area contributed by atoms with E-state index in [0.717, 1.165) is 19.4 Å². The first kappa shape index (κ1) is 19.8. The molecule has 6 heteroatoms. The van der Waals surface area contributed by atoms with Crippen LogP contribution in [0.3, 0.4) is 0 Å². The molecular weight excluding hydrogens is 262 g/mol. The molecule has 0 aromatic carbocycles. The van der Waals surface area contributed by atoms with Crippen LogP contribution in [0.15, 0.2) is 0 Å². The maximum Gasteiger partial charge on any atom is 0.154 e. The van der Waals surface area contributed by atoms with Crippen LogP contribution in [0.1, 0.15) is 51.9 Å². The van der Waals surface area contributed by atoms with Crippen molar-refractivity contribution in [1.29, 1.82) is 0 Å². The fourth-order valence-electron chi connectivity index (χ4n) is 2.01. The van der Waals surface area contributed by atoms with Gasteiger partial charge >= 0.3 is 0 Å². The van der Waals surface area contributed by atoms with E-state index >= 15 is 0 Å². The summed E-state index contributed by atoms with van der Waals surface area (Å²) in [6.45, 7) is 3.11. The predicted molar refractivity (Wildman–Crippen MR) is 77.1 cm³/mol. The summed E-state index contributed by atoms with van der Waals surface area (Å²) in [5.41, 5.74) is 0. The first-order chi connectivity index (χ1) is 9.49. The van der Waals surface area contributed by atoms with Crippen LogP contribution in [0, 0.1) is 0 Å². The van der Waals surface area contributed by atoms with E-state index in [1.807, 2.05) is 0 Å². The number of hydrogen-bond acceptors (Lipinski definition) is 6. The number of hydrogen-bond donors (Lipinski definition) is 6. The molecule has 0 bridgehead atoms. The average molecular weight is 293 g/mol. The van der Waals surface area contributed by atoms with Crippen LogP contribution < -0.4 is 5.32 Å². The third-order valence-corrected chi connectivity index (χ3v) is 3.30. The summed E-state index contributed by atoms with van der Waals surface area (Å²) < 4.78 is 0. The van der Waals surface area contributed by atoms with Gasteiger partial charge in [-0.2, -0.15) is 0 Å². The number of aliphatic hydroxyl groups excluding tert-OH is 4. The predicted octanol–water partition coefficient (Wildman–Crippen LogP) is -0.280. The molecule has 122 valence electrons. The molecule has 0 saturated heterocycles. The second-order valence-electron chi connectivity index (χ2n) is 5.31. The number of unbranched alkanes of at least 4 members (excludes halogenated alkanes) is 5. The summed E-state index contributed by atoms with van der Waals surface area (Å²) in [7, 11) is 0. The van der Waals surface area contributed by atoms with Gasteiger partial charge in [-0.3, -0.25) is 0 Å². The Hall–Kier alpha value is -0.240. The Kier molecular flexibility index (Phi) is 12.3. The normalized spacial score (nSPS) is 16.4. The van der Waals surface area contributed by atoms with Gasteiger partial charge in [-0.25, -0.2) is 0 Å². The highest BCUT2D eigenvalue weighted by Crippen LogP contribution is 2.06. The van der Waals surface area contributed by atoms with Gasteiger partial charge in [0, 0.05) is 13.0 Å². The van der Waals surface area contributed by atoms with Crippen LogP contribution in [-0.4, -0.2) is 63.2 Å². The topological polar surface area (TPSA) is 113 Å². The summed E-state index contributed by atoms with van der Waals surface area (Å²) in [6.07, 6.45) is 1.22. The zero-order valence-electron chi connectivity index (χ0n) is 12.4.